The normalized spacial score (nSPS) is 45.5. The summed E-state index contributed by atoms with van der Waals surface area (Å²) in [5.41, 5.74) is 2.83. The number of rotatable bonds is 5. The van der Waals surface area contributed by atoms with Gasteiger partial charge >= 0.3 is 0 Å². The van der Waals surface area contributed by atoms with Crippen LogP contribution in [-0.2, 0) is 9.47 Å². The summed E-state index contributed by atoms with van der Waals surface area (Å²) < 4.78 is 12.9. The molecule has 6 rings (SSSR count). The zero-order valence-corrected chi connectivity index (χ0v) is 26.7. The van der Waals surface area contributed by atoms with E-state index in [2.05, 4.69) is 61.6 Å². The fourth-order valence-electron chi connectivity index (χ4n) is 9.97. The van der Waals surface area contributed by atoms with E-state index in [1.54, 1.807) is 0 Å². The third-order valence-corrected chi connectivity index (χ3v) is 12.1. The second-order valence-electron chi connectivity index (χ2n) is 15.3. The highest BCUT2D eigenvalue weighted by molar-refractivity contribution is 5.26. The molecule has 2 spiro atoms. The van der Waals surface area contributed by atoms with E-state index in [4.69, 9.17) is 19.7 Å². The Morgan fingerprint density at radius 2 is 1.20 bits per heavy atom. The molecule has 0 aromatic carbocycles. The number of unbranched alkanes of at least 4 members (excludes halogenated alkanes) is 1. The summed E-state index contributed by atoms with van der Waals surface area (Å²) in [7, 11) is 0. The maximum Gasteiger partial charge on any atom is 0.173 e. The second-order valence-corrected chi connectivity index (χ2v) is 15.3. The van der Waals surface area contributed by atoms with Crippen LogP contribution in [0.4, 0.5) is 0 Å². The van der Waals surface area contributed by atoms with Crippen LogP contribution in [0.1, 0.15) is 120 Å². The van der Waals surface area contributed by atoms with Crippen molar-refractivity contribution in [2.75, 3.05) is 13.2 Å². The highest BCUT2D eigenvalue weighted by Crippen LogP contribution is 2.65. The van der Waals surface area contributed by atoms with Crippen LogP contribution in [0.3, 0.4) is 0 Å². The predicted octanol–water partition coefficient (Wildman–Crippen LogP) is 7.68. The fourth-order valence-corrected chi connectivity index (χ4v) is 9.97. The molecule has 238 valence electrons. The molecule has 2 saturated carbocycles. The minimum atomic E-state index is -0.930. The molecule has 6 fully saturated rings. The Hall–Kier alpha value is -0.720. The SMILES string of the molecule is C.C=C1CC2(C)OC3(CC2C(C)C)C(C)CCC13.C=C1CC2(O)OC3(CC2C(C)C)C(C)CCC13.OCCCCO. The number of aliphatic hydroxyl groups is 3. The third kappa shape index (κ3) is 5.89. The van der Waals surface area contributed by atoms with Gasteiger partial charge in [-0.25, -0.2) is 0 Å². The lowest BCUT2D eigenvalue weighted by molar-refractivity contribution is -0.269. The van der Waals surface area contributed by atoms with Crippen molar-refractivity contribution in [3.8, 4) is 0 Å². The second kappa shape index (κ2) is 12.7. The van der Waals surface area contributed by atoms with Gasteiger partial charge in [0, 0.05) is 37.4 Å². The van der Waals surface area contributed by atoms with Crippen LogP contribution in [0.25, 0.3) is 0 Å². The van der Waals surface area contributed by atoms with Crippen molar-refractivity contribution in [1.29, 1.82) is 0 Å². The van der Waals surface area contributed by atoms with Gasteiger partial charge < -0.3 is 24.8 Å². The van der Waals surface area contributed by atoms with E-state index in [1.807, 2.05) is 0 Å². The van der Waals surface area contributed by atoms with Gasteiger partial charge in [0.05, 0.1) is 16.8 Å². The van der Waals surface area contributed by atoms with Gasteiger partial charge in [0.2, 0.25) is 0 Å². The first-order chi connectivity index (χ1) is 18.7. The van der Waals surface area contributed by atoms with Gasteiger partial charge in [-0.15, -0.1) is 0 Å². The summed E-state index contributed by atoms with van der Waals surface area (Å²) >= 11 is 0. The van der Waals surface area contributed by atoms with E-state index < -0.39 is 5.79 Å². The Labute approximate surface area is 252 Å². The Morgan fingerprint density at radius 1 is 0.756 bits per heavy atom. The Kier molecular flexibility index (Phi) is 10.8. The summed E-state index contributed by atoms with van der Waals surface area (Å²) in [4.78, 5) is 0. The van der Waals surface area contributed by atoms with Gasteiger partial charge in [0.1, 0.15) is 0 Å². The average molecular weight is 577 g/mol. The molecule has 0 radical (unpaired) electrons. The highest BCUT2D eigenvalue weighted by atomic mass is 16.6. The van der Waals surface area contributed by atoms with Crippen molar-refractivity contribution in [1.82, 2.24) is 0 Å². The maximum absolute atomic E-state index is 10.8. The van der Waals surface area contributed by atoms with Gasteiger partial charge in [0.15, 0.2) is 5.79 Å². The van der Waals surface area contributed by atoms with Crippen molar-refractivity contribution >= 4 is 0 Å². The monoisotopic (exact) mass is 576 g/mol. The molecule has 5 heteroatoms. The van der Waals surface area contributed by atoms with E-state index in [0.717, 1.165) is 31.6 Å². The topological polar surface area (TPSA) is 79.2 Å². The van der Waals surface area contributed by atoms with Crippen LogP contribution in [0.5, 0.6) is 0 Å². The predicted molar refractivity (Wildman–Crippen MR) is 168 cm³/mol. The van der Waals surface area contributed by atoms with Crippen molar-refractivity contribution < 1.29 is 24.8 Å². The summed E-state index contributed by atoms with van der Waals surface area (Å²) in [5, 5.41) is 27.0. The van der Waals surface area contributed by atoms with Gasteiger partial charge in [0.25, 0.3) is 0 Å². The molecule has 4 aliphatic heterocycles. The molecule has 4 heterocycles. The Bertz CT molecular complexity index is 855. The summed E-state index contributed by atoms with van der Waals surface area (Å²) in [6.07, 6.45) is 10.5. The third-order valence-electron chi connectivity index (χ3n) is 12.1. The lowest BCUT2D eigenvalue weighted by Crippen LogP contribution is -2.48. The van der Waals surface area contributed by atoms with Crippen LogP contribution in [0.2, 0.25) is 0 Å². The van der Waals surface area contributed by atoms with Crippen LogP contribution >= 0.6 is 0 Å². The minimum absolute atomic E-state index is 0. The molecule has 41 heavy (non-hydrogen) atoms. The molecule has 4 saturated heterocycles. The van der Waals surface area contributed by atoms with Crippen molar-refractivity contribution in [3.05, 3.63) is 24.3 Å². The highest BCUT2D eigenvalue weighted by Gasteiger charge is 2.67. The molecule has 5 nitrogen and oxygen atoms in total. The lowest BCUT2D eigenvalue weighted by atomic mass is 9.76. The first-order valence-corrected chi connectivity index (χ1v) is 16.4. The molecule has 3 N–H and O–H groups in total. The minimum Gasteiger partial charge on any atom is -0.396 e. The number of ether oxygens (including phenoxy) is 2. The number of fused-ring (bicyclic) bond motifs is 2. The molecule has 6 aliphatic rings. The molecule has 0 aromatic rings. The molecule has 10 unspecified atom stereocenters. The Morgan fingerprint density at radius 3 is 1.66 bits per heavy atom. The zero-order chi connectivity index (χ0) is 29.7. The molecular weight excluding hydrogens is 512 g/mol. The van der Waals surface area contributed by atoms with Crippen LogP contribution in [0.15, 0.2) is 24.3 Å². The van der Waals surface area contributed by atoms with Crippen LogP contribution in [-0.4, -0.2) is 51.1 Å². The van der Waals surface area contributed by atoms with E-state index in [9.17, 15) is 5.11 Å². The quantitative estimate of drug-likeness (QED) is 0.231. The van der Waals surface area contributed by atoms with E-state index in [-0.39, 0.29) is 43.4 Å². The van der Waals surface area contributed by atoms with E-state index >= 15 is 0 Å². The molecular formula is C36H64O5. The lowest BCUT2D eigenvalue weighted by Gasteiger charge is -2.45. The molecule has 0 amide bonds. The van der Waals surface area contributed by atoms with Crippen molar-refractivity contribution in [2.45, 2.75) is 143 Å². The first kappa shape index (κ1) is 34.8. The summed E-state index contributed by atoms with van der Waals surface area (Å²) in [6, 6.07) is 0. The molecule has 4 bridgehead atoms. The van der Waals surface area contributed by atoms with Gasteiger partial charge in [-0.1, -0.05) is 73.3 Å². The number of hydrogen-bond acceptors (Lipinski definition) is 5. The average Bonchev–Trinajstić information content (AvgIpc) is 3.53. The van der Waals surface area contributed by atoms with Crippen molar-refractivity contribution in [2.24, 2.45) is 47.3 Å². The largest absolute Gasteiger partial charge is 0.396 e. The van der Waals surface area contributed by atoms with Crippen molar-refractivity contribution in [3.63, 3.8) is 0 Å². The summed E-state index contributed by atoms with van der Waals surface area (Å²) in [6.45, 7) is 25.1. The number of hydrogen-bond donors (Lipinski definition) is 3. The standard InChI is InChI=1S/C16H26O.C15H24O2.C4H10O2.CH4/c1-10(2)14-9-16-12(4)6-7-13(16)11(3)8-15(14,5)17-16;1-9(2)13-8-14-11(4)5-6-12(14)10(3)7-15(13,16)17-14;5-3-1-2-4-6;/h10,12-14H,3,6-9H2,1-2,4-5H3;9,11-13,16H,3,5-8H2,1-2,4H3;5-6H,1-4H2;1H4. The molecule has 2 aliphatic carbocycles. The molecule has 0 aromatic heterocycles. The van der Waals surface area contributed by atoms with E-state index in [0.29, 0.717) is 41.9 Å². The summed E-state index contributed by atoms with van der Waals surface area (Å²) in [5.74, 6) is 3.65. The van der Waals surface area contributed by atoms with Crippen LogP contribution in [0, 0.1) is 47.3 Å². The van der Waals surface area contributed by atoms with Gasteiger partial charge in [-0.3, -0.25) is 0 Å². The van der Waals surface area contributed by atoms with Gasteiger partial charge in [-0.2, -0.15) is 0 Å². The van der Waals surface area contributed by atoms with Crippen LogP contribution < -0.4 is 0 Å². The maximum atomic E-state index is 10.8. The fraction of sp³-hybridized carbons (Fsp3) is 0.889. The number of aliphatic hydroxyl groups excluding tert-OH is 2. The zero-order valence-electron chi connectivity index (χ0n) is 26.7. The van der Waals surface area contributed by atoms with Gasteiger partial charge in [-0.05, 0) is 94.3 Å². The smallest absolute Gasteiger partial charge is 0.173 e. The first-order valence-electron chi connectivity index (χ1n) is 16.4. The molecule has 10 atom stereocenters. The van der Waals surface area contributed by atoms with E-state index in [1.165, 1.54) is 43.3 Å². The Balaban J connectivity index is 0.000000186.